The number of primary amides is 2. The van der Waals surface area contributed by atoms with Crippen molar-refractivity contribution in [3.8, 4) is 0 Å². The second-order valence-corrected chi connectivity index (χ2v) is 3.42. The molecule has 5 N–H and O–H groups in total. The molecule has 0 atom stereocenters. The van der Waals surface area contributed by atoms with Gasteiger partial charge in [0, 0.05) is 12.8 Å². The average molecular weight is 235 g/mol. The molecule has 0 radical (unpaired) electrons. The Bertz CT molecular complexity index is 457. The van der Waals surface area contributed by atoms with Crippen LogP contribution in [0.4, 0.5) is 5.69 Å². The first-order valence-corrected chi connectivity index (χ1v) is 4.97. The molecule has 6 nitrogen and oxygen atoms in total. The van der Waals surface area contributed by atoms with Crippen molar-refractivity contribution in [3.63, 3.8) is 0 Å². The summed E-state index contributed by atoms with van der Waals surface area (Å²) in [6.07, 6.45) is -0.0625. The van der Waals surface area contributed by atoms with Gasteiger partial charge in [-0.1, -0.05) is 12.1 Å². The van der Waals surface area contributed by atoms with Gasteiger partial charge in [0.2, 0.25) is 11.8 Å². The minimum atomic E-state index is -0.629. The molecule has 3 amide bonds. The first-order chi connectivity index (χ1) is 8.00. The molecule has 0 saturated carbocycles. The van der Waals surface area contributed by atoms with Crippen LogP contribution in [0, 0.1) is 0 Å². The lowest BCUT2D eigenvalue weighted by Gasteiger charge is -2.07. The van der Waals surface area contributed by atoms with E-state index in [0.29, 0.717) is 5.69 Å². The Morgan fingerprint density at radius 1 is 1.06 bits per heavy atom. The lowest BCUT2D eigenvalue weighted by atomic mass is 10.1. The van der Waals surface area contributed by atoms with E-state index in [1.54, 1.807) is 18.2 Å². The summed E-state index contributed by atoms with van der Waals surface area (Å²) in [5.41, 5.74) is 10.6. The van der Waals surface area contributed by atoms with Crippen LogP contribution in [0.15, 0.2) is 24.3 Å². The van der Waals surface area contributed by atoms with E-state index in [-0.39, 0.29) is 18.4 Å². The highest BCUT2D eigenvalue weighted by Crippen LogP contribution is 2.14. The van der Waals surface area contributed by atoms with Crippen molar-refractivity contribution >= 4 is 23.4 Å². The molecular formula is C11H13N3O3. The quantitative estimate of drug-likeness (QED) is 0.666. The van der Waals surface area contributed by atoms with Gasteiger partial charge in [-0.25, -0.2) is 0 Å². The van der Waals surface area contributed by atoms with Gasteiger partial charge in [-0.3, -0.25) is 14.4 Å². The fourth-order valence-corrected chi connectivity index (χ4v) is 1.26. The normalized spacial score (nSPS) is 9.65. The Kier molecular flexibility index (Phi) is 4.21. The van der Waals surface area contributed by atoms with E-state index in [1.165, 1.54) is 6.07 Å². The summed E-state index contributed by atoms with van der Waals surface area (Å²) >= 11 is 0. The summed E-state index contributed by atoms with van der Waals surface area (Å²) in [4.78, 5) is 33.0. The van der Waals surface area contributed by atoms with Crippen LogP contribution in [0.5, 0.6) is 0 Å². The van der Waals surface area contributed by atoms with E-state index in [0.717, 1.165) is 0 Å². The average Bonchev–Trinajstić information content (AvgIpc) is 2.27. The Labute approximate surface area is 98.0 Å². The van der Waals surface area contributed by atoms with Gasteiger partial charge in [0.25, 0.3) is 5.91 Å². The number of nitrogens with one attached hydrogen (secondary N) is 1. The number of nitrogens with two attached hydrogens (primary N) is 2. The van der Waals surface area contributed by atoms with E-state index >= 15 is 0 Å². The monoisotopic (exact) mass is 235 g/mol. The molecule has 1 aromatic carbocycles. The number of benzene rings is 1. The smallest absolute Gasteiger partial charge is 0.250 e. The Balaban J connectivity index is 2.71. The summed E-state index contributed by atoms with van der Waals surface area (Å²) in [6, 6.07) is 6.36. The maximum absolute atomic E-state index is 11.4. The fourth-order valence-electron chi connectivity index (χ4n) is 1.26. The predicted octanol–water partition coefficient (Wildman–Crippen LogP) is -0.0105. The fraction of sp³-hybridized carbons (Fsp3) is 0.182. The van der Waals surface area contributed by atoms with Crippen LogP contribution in [0.2, 0.25) is 0 Å². The zero-order chi connectivity index (χ0) is 12.8. The number of rotatable bonds is 5. The topological polar surface area (TPSA) is 115 Å². The van der Waals surface area contributed by atoms with E-state index in [1.807, 2.05) is 0 Å². The third kappa shape index (κ3) is 3.94. The van der Waals surface area contributed by atoms with Gasteiger partial charge >= 0.3 is 0 Å². The molecular weight excluding hydrogens is 222 g/mol. The molecule has 0 unspecified atom stereocenters. The van der Waals surface area contributed by atoms with Crippen molar-refractivity contribution < 1.29 is 14.4 Å². The minimum Gasteiger partial charge on any atom is -0.370 e. The molecule has 6 heteroatoms. The standard InChI is InChI=1S/C11H13N3O3/c12-9(15)5-6-10(16)14-8-4-2-1-3-7(8)11(13)17/h1-4H,5-6H2,(H2,12,15)(H2,13,17)(H,14,16). The van der Waals surface area contributed by atoms with Crippen molar-refractivity contribution in [2.45, 2.75) is 12.8 Å². The van der Waals surface area contributed by atoms with Gasteiger partial charge < -0.3 is 16.8 Å². The molecule has 0 fully saturated rings. The van der Waals surface area contributed by atoms with Crippen LogP contribution < -0.4 is 16.8 Å². The van der Waals surface area contributed by atoms with Gasteiger partial charge in [0.15, 0.2) is 0 Å². The summed E-state index contributed by atoms with van der Waals surface area (Å²) in [5, 5.41) is 2.50. The third-order valence-electron chi connectivity index (χ3n) is 2.07. The van der Waals surface area contributed by atoms with Crippen LogP contribution in [-0.2, 0) is 9.59 Å². The largest absolute Gasteiger partial charge is 0.370 e. The Morgan fingerprint density at radius 2 is 1.71 bits per heavy atom. The molecule has 0 bridgehead atoms. The second-order valence-electron chi connectivity index (χ2n) is 3.42. The van der Waals surface area contributed by atoms with Crippen LogP contribution >= 0.6 is 0 Å². The van der Waals surface area contributed by atoms with Crippen molar-refractivity contribution in [2.75, 3.05) is 5.32 Å². The van der Waals surface area contributed by atoms with Crippen LogP contribution in [0.3, 0.4) is 0 Å². The SMILES string of the molecule is NC(=O)CCC(=O)Nc1ccccc1C(N)=O. The van der Waals surface area contributed by atoms with Crippen LogP contribution in [-0.4, -0.2) is 17.7 Å². The van der Waals surface area contributed by atoms with Gasteiger partial charge in [0.05, 0.1) is 11.3 Å². The molecule has 0 heterocycles. The molecule has 0 aliphatic rings. The van der Waals surface area contributed by atoms with E-state index in [9.17, 15) is 14.4 Å². The molecule has 17 heavy (non-hydrogen) atoms. The zero-order valence-corrected chi connectivity index (χ0v) is 9.10. The van der Waals surface area contributed by atoms with Gasteiger partial charge in [-0.05, 0) is 12.1 Å². The third-order valence-corrected chi connectivity index (χ3v) is 2.07. The first-order valence-electron chi connectivity index (χ1n) is 4.97. The number of hydrogen-bond donors (Lipinski definition) is 3. The van der Waals surface area contributed by atoms with E-state index in [4.69, 9.17) is 11.5 Å². The summed E-state index contributed by atoms with van der Waals surface area (Å²) in [7, 11) is 0. The Morgan fingerprint density at radius 3 is 2.29 bits per heavy atom. The second kappa shape index (κ2) is 5.64. The molecule has 1 rings (SSSR count). The maximum Gasteiger partial charge on any atom is 0.250 e. The van der Waals surface area contributed by atoms with E-state index < -0.39 is 17.7 Å². The maximum atomic E-state index is 11.4. The molecule has 0 saturated heterocycles. The molecule has 90 valence electrons. The summed E-state index contributed by atoms with van der Waals surface area (Å²) in [5.74, 6) is -1.57. The minimum absolute atomic E-state index is 0.0254. The molecule has 0 aromatic heterocycles. The Hall–Kier alpha value is -2.37. The first kappa shape index (κ1) is 12.7. The number of carbonyl (C=O) groups is 3. The predicted molar refractivity (Wildman–Crippen MR) is 62.0 cm³/mol. The van der Waals surface area contributed by atoms with Gasteiger partial charge in [-0.2, -0.15) is 0 Å². The van der Waals surface area contributed by atoms with Crippen molar-refractivity contribution in [3.05, 3.63) is 29.8 Å². The number of anilines is 1. The highest BCUT2D eigenvalue weighted by molar-refractivity contribution is 6.03. The highest BCUT2D eigenvalue weighted by atomic mass is 16.2. The van der Waals surface area contributed by atoms with Gasteiger partial charge in [-0.15, -0.1) is 0 Å². The summed E-state index contributed by atoms with van der Waals surface area (Å²) in [6.45, 7) is 0. The number of hydrogen-bond acceptors (Lipinski definition) is 3. The summed E-state index contributed by atoms with van der Waals surface area (Å²) < 4.78 is 0. The molecule has 0 aliphatic heterocycles. The molecule has 0 aliphatic carbocycles. The molecule has 1 aromatic rings. The lowest BCUT2D eigenvalue weighted by Crippen LogP contribution is -2.20. The number of para-hydroxylation sites is 1. The number of carbonyl (C=O) groups excluding carboxylic acids is 3. The van der Waals surface area contributed by atoms with Crippen molar-refractivity contribution in [1.82, 2.24) is 0 Å². The van der Waals surface area contributed by atoms with Crippen molar-refractivity contribution in [2.24, 2.45) is 11.5 Å². The van der Waals surface area contributed by atoms with Gasteiger partial charge in [0.1, 0.15) is 0 Å². The van der Waals surface area contributed by atoms with Crippen molar-refractivity contribution in [1.29, 1.82) is 0 Å². The lowest BCUT2D eigenvalue weighted by molar-refractivity contribution is -0.122. The highest BCUT2D eigenvalue weighted by Gasteiger charge is 2.10. The van der Waals surface area contributed by atoms with E-state index in [2.05, 4.69) is 5.32 Å². The number of amides is 3. The van der Waals surface area contributed by atoms with Crippen LogP contribution in [0.1, 0.15) is 23.2 Å². The zero-order valence-electron chi connectivity index (χ0n) is 9.10. The molecule has 0 spiro atoms. The van der Waals surface area contributed by atoms with Crippen LogP contribution in [0.25, 0.3) is 0 Å².